The highest BCUT2D eigenvalue weighted by Gasteiger charge is 2.21. The molecule has 0 fully saturated rings. The van der Waals surface area contributed by atoms with Crippen LogP contribution in [0.1, 0.15) is 0 Å². The van der Waals surface area contributed by atoms with Crippen LogP contribution in [-0.2, 0) is 0 Å². The fourth-order valence-corrected chi connectivity index (χ4v) is 9.05. The van der Waals surface area contributed by atoms with Gasteiger partial charge in [0.05, 0.1) is 0 Å². The van der Waals surface area contributed by atoms with Gasteiger partial charge in [0.2, 0.25) is 0 Å². The average molecular weight is 645 g/mol. The number of furan rings is 1. The van der Waals surface area contributed by atoms with Crippen molar-refractivity contribution in [1.29, 1.82) is 0 Å². The van der Waals surface area contributed by atoms with Crippen molar-refractivity contribution in [2.45, 2.75) is 0 Å². The lowest BCUT2D eigenvalue weighted by atomic mass is 9.85. The molecule has 0 aliphatic heterocycles. The quantitative estimate of drug-likeness (QED) is 0.135. The van der Waals surface area contributed by atoms with E-state index in [0.29, 0.717) is 0 Å². The molecule has 0 N–H and O–H groups in total. The van der Waals surface area contributed by atoms with E-state index in [1.165, 1.54) is 92.1 Å². The fraction of sp³-hybridized carbons (Fsp3) is 0. The predicted octanol–water partition coefficient (Wildman–Crippen LogP) is 14.4. The molecule has 0 amide bonds. The summed E-state index contributed by atoms with van der Waals surface area (Å²) < 4.78 is 6.90. The van der Waals surface area contributed by atoms with Crippen molar-refractivity contribution in [2.75, 3.05) is 0 Å². The van der Waals surface area contributed by atoms with E-state index < -0.39 is 0 Å². The van der Waals surface area contributed by atoms with Crippen LogP contribution in [0.15, 0.2) is 174 Å². The Labute approximate surface area is 292 Å². The summed E-state index contributed by atoms with van der Waals surface area (Å²) in [7, 11) is 0. The van der Waals surface area contributed by atoms with Crippen molar-refractivity contribution in [3.63, 3.8) is 0 Å². The van der Waals surface area contributed by atoms with Gasteiger partial charge in [-0.3, -0.25) is 0 Å². The molecule has 12 rings (SSSR count). The van der Waals surface area contributed by atoms with Crippen LogP contribution < -0.4 is 0 Å². The summed E-state index contributed by atoms with van der Waals surface area (Å²) in [6.45, 7) is 0. The van der Waals surface area contributed by atoms with Crippen molar-refractivity contribution in [1.82, 2.24) is 0 Å². The normalized spacial score (nSPS) is 12.3. The minimum absolute atomic E-state index is 0.903. The van der Waals surface area contributed by atoms with Crippen LogP contribution in [0, 0.1) is 0 Å². The van der Waals surface area contributed by atoms with Gasteiger partial charge >= 0.3 is 0 Å². The lowest BCUT2D eigenvalue weighted by Gasteiger charge is -2.17. The minimum atomic E-state index is 0.903. The van der Waals surface area contributed by atoms with Crippen LogP contribution in [-0.4, -0.2) is 0 Å². The van der Waals surface area contributed by atoms with E-state index in [9.17, 15) is 0 Å². The zero-order chi connectivity index (χ0) is 33.2. The molecule has 234 valence electrons. The topological polar surface area (TPSA) is 13.1 Å². The molecule has 0 aliphatic carbocycles. The smallest absolute Gasteiger partial charge is 0.136 e. The van der Waals surface area contributed by atoms with Crippen molar-refractivity contribution in [3.8, 4) is 22.3 Å². The molecule has 0 spiro atoms. The van der Waals surface area contributed by atoms with Gasteiger partial charge in [0.25, 0.3) is 0 Å². The molecule has 0 unspecified atom stereocenters. The zero-order valence-corrected chi connectivity index (χ0v) is 27.6. The molecule has 1 nitrogen and oxygen atoms in total. The molecule has 11 aromatic carbocycles. The number of fused-ring (bicyclic) bond motifs is 8. The molecular weight excluding hydrogens is 617 g/mol. The molecule has 0 bridgehead atoms. The monoisotopic (exact) mass is 644 g/mol. The Kier molecular flexibility index (Phi) is 5.29. The third-order valence-corrected chi connectivity index (χ3v) is 11.3. The van der Waals surface area contributed by atoms with Gasteiger partial charge in [-0.05, 0) is 128 Å². The SMILES string of the molecule is c1ccc2cc3c(cc2c1)oc1cc(-c2c4ccccc4cc4c2ccc2ccccc24)cc(-c2ccc4ccc5cccc6ccc2c4c56)c13. The highest BCUT2D eigenvalue weighted by molar-refractivity contribution is 6.28. The summed E-state index contributed by atoms with van der Waals surface area (Å²) in [6, 6.07) is 62.7. The number of rotatable bonds is 2. The van der Waals surface area contributed by atoms with Gasteiger partial charge in [0.15, 0.2) is 0 Å². The third kappa shape index (κ3) is 3.75. The Balaban J connectivity index is 1.27. The summed E-state index contributed by atoms with van der Waals surface area (Å²) in [5.41, 5.74) is 6.62. The maximum atomic E-state index is 6.90. The van der Waals surface area contributed by atoms with E-state index in [0.717, 1.165) is 27.5 Å². The third-order valence-electron chi connectivity index (χ3n) is 11.3. The summed E-state index contributed by atoms with van der Waals surface area (Å²) in [5.74, 6) is 0. The standard InChI is InChI=1S/C50H28O/c1-2-10-34-27-45-44(24-33(34)9-1)50-43(39-21-19-32-17-16-30-12-7-13-31-20-23-40(39)49(32)47(30)31)26-36(28-46(50)51-45)48-38-15-6-4-11-35(38)25-42-37-14-5-3-8-29(37)18-22-41(42)48/h1-28H. The maximum Gasteiger partial charge on any atom is 0.136 e. The molecular formula is C50H28O. The van der Waals surface area contributed by atoms with E-state index in [2.05, 4.69) is 170 Å². The Morgan fingerprint density at radius 3 is 1.73 bits per heavy atom. The first-order valence-corrected chi connectivity index (χ1v) is 17.7. The average Bonchev–Trinajstić information content (AvgIpc) is 3.54. The fourth-order valence-electron chi connectivity index (χ4n) is 9.05. The molecule has 0 radical (unpaired) electrons. The summed E-state index contributed by atoms with van der Waals surface area (Å²) in [5, 5.41) is 19.9. The molecule has 0 saturated heterocycles. The zero-order valence-electron chi connectivity index (χ0n) is 27.6. The second-order valence-corrected chi connectivity index (χ2v) is 14.0. The van der Waals surface area contributed by atoms with Crippen molar-refractivity contribution in [3.05, 3.63) is 170 Å². The number of hydrogen-bond donors (Lipinski definition) is 0. The first-order valence-electron chi connectivity index (χ1n) is 17.7. The van der Waals surface area contributed by atoms with E-state index in [1.54, 1.807) is 0 Å². The van der Waals surface area contributed by atoms with Crippen LogP contribution >= 0.6 is 0 Å². The largest absolute Gasteiger partial charge is 0.456 e. The minimum Gasteiger partial charge on any atom is -0.456 e. The first kappa shape index (κ1) is 27.2. The summed E-state index contributed by atoms with van der Waals surface area (Å²) in [6.07, 6.45) is 0. The summed E-state index contributed by atoms with van der Waals surface area (Å²) in [4.78, 5) is 0. The Hall–Kier alpha value is -6.70. The highest BCUT2D eigenvalue weighted by atomic mass is 16.3. The van der Waals surface area contributed by atoms with Crippen molar-refractivity contribution in [2.24, 2.45) is 0 Å². The van der Waals surface area contributed by atoms with Gasteiger partial charge in [-0.15, -0.1) is 0 Å². The Morgan fingerprint density at radius 2 is 0.882 bits per heavy atom. The van der Waals surface area contributed by atoms with Gasteiger partial charge in [0.1, 0.15) is 11.2 Å². The van der Waals surface area contributed by atoms with E-state index in [-0.39, 0.29) is 0 Å². The molecule has 51 heavy (non-hydrogen) atoms. The van der Waals surface area contributed by atoms with Gasteiger partial charge in [-0.25, -0.2) is 0 Å². The summed E-state index contributed by atoms with van der Waals surface area (Å²) >= 11 is 0. The molecule has 1 heteroatoms. The maximum absolute atomic E-state index is 6.90. The van der Waals surface area contributed by atoms with Gasteiger partial charge < -0.3 is 4.42 Å². The van der Waals surface area contributed by atoms with Crippen LogP contribution in [0.4, 0.5) is 0 Å². The van der Waals surface area contributed by atoms with Crippen LogP contribution in [0.25, 0.3) is 120 Å². The van der Waals surface area contributed by atoms with E-state index >= 15 is 0 Å². The van der Waals surface area contributed by atoms with Gasteiger partial charge in [-0.2, -0.15) is 0 Å². The molecule has 0 saturated carbocycles. The number of hydrogen-bond acceptors (Lipinski definition) is 1. The van der Waals surface area contributed by atoms with Gasteiger partial charge in [0, 0.05) is 10.8 Å². The highest BCUT2D eigenvalue weighted by Crippen LogP contribution is 2.47. The molecule has 0 aliphatic rings. The van der Waals surface area contributed by atoms with E-state index in [4.69, 9.17) is 4.42 Å². The number of benzene rings is 11. The molecule has 0 atom stereocenters. The molecule has 1 heterocycles. The molecule has 1 aromatic heterocycles. The van der Waals surface area contributed by atoms with Crippen LogP contribution in [0.3, 0.4) is 0 Å². The predicted molar refractivity (Wildman–Crippen MR) is 218 cm³/mol. The van der Waals surface area contributed by atoms with E-state index in [1.807, 2.05) is 0 Å². The lowest BCUT2D eigenvalue weighted by Crippen LogP contribution is -1.91. The second-order valence-electron chi connectivity index (χ2n) is 14.0. The lowest BCUT2D eigenvalue weighted by molar-refractivity contribution is 0.669. The first-order chi connectivity index (χ1) is 25.3. The van der Waals surface area contributed by atoms with Gasteiger partial charge in [-0.1, -0.05) is 140 Å². The second kappa shape index (κ2) is 9.94. The van der Waals surface area contributed by atoms with Crippen molar-refractivity contribution >= 4 is 97.3 Å². The Bertz CT molecular complexity index is 3400. The van der Waals surface area contributed by atoms with Crippen LogP contribution in [0.2, 0.25) is 0 Å². The molecule has 12 aromatic rings. The van der Waals surface area contributed by atoms with Crippen molar-refractivity contribution < 1.29 is 4.42 Å². The van der Waals surface area contributed by atoms with Crippen LogP contribution in [0.5, 0.6) is 0 Å². The Morgan fingerprint density at radius 1 is 0.275 bits per heavy atom.